The Bertz CT molecular complexity index is 522. The maximum Gasteiger partial charge on any atom is 0.215 e. The van der Waals surface area contributed by atoms with Crippen molar-refractivity contribution in [1.82, 2.24) is 19.5 Å². The second kappa shape index (κ2) is 3.45. The van der Waals surface area contributed by atoms with Crippen LogP contribution in [-0.2, 0) is 0 Å². The fourth-order valence-electron chi connectivity index (χ4n) is 2.30. The Morgan fingerprint density at radius 3 is 3.12 bits per heavy atom. The number of likely N-dealkylation sites (N-methyl/N-ethyl adjacent to an activating group) is 1. The first-order valence-corrected chi connectivity index (χ1v) is 5.46. The van der Waals surface area contributed by atoms with Gasteiger partial charge in [0, 0.05) is 24.6 Å². The Hall–Kier alpha value is -1.62. The number of likely N-dealkylation sites (tertiary alicyclic amines) is 1. The lowest BCUT2D eigenvalue weighted by atomic mass is 10.0. The van der Waals surface area contributed by atoms with Gasteiger partial charge in [0.25, 0.3) is 0 Å². The number of hydrogen-bond acceptors (Lipinski definition) is 4. The van der Waals surface area contributed by atoms with Gasteiger partial charge in [-0.15, -0.1) is 0 Å². The molecule has 1 fully saturated rings. The third-order valence-electron chi connectivity index (χ3n) is 3.17. The van der Waals surface area contributed by atoms with Gasteiger partial charge in [-0.05, 0) is 20.0 Å². The largest absolute Gasteiger partial charge is 0.493 e. The lowest BCUT2D eigenvalue weighted by molar-refractivity contribution is 0.409. The summed E-state index contributed by atoms with van der Waals surface area (Å²) in [5, 5.41) is 13.8. The molecule has 0 radical (unpaired) electrons. The fraction of sp³-hybridized carbons (Fsp3) is 0.455. The zero-order valence-electron chi connectivity index (χ0n) is 9.17. The topological polar surface area (TPSA) is 53.7 Å². The lowest BCUT2D eigenvalue weighted by Gasteiger charge is -2.10. The predicted molar refractivity (Wildman–Crippen MR) is 59.5 cm³/mol. The third-order valence-corrected chi connectivity index (χ3v) is 3.17. The van der Waals surface area contributed by atoms with Crippen LogP contribution in [0.2, 0.25) is 0 Å². The molecule has 1 unspecified atom stereocenters. The summed E-state index contributed by atoms with van der Waals surface area (Å²) in [6.45, 7) is 2.11. The molecule has 5 nitrogen and oxygen atoms in total. The number of hydrogen-bond donors (Lipinski definition) is 1. The molecule has 0 aliphatic carbocycles. The minimum Gasteiger partial charge on any atom is -0.493 e. The van der Waals surface area contributed by atoms with Crippen LogP contribution >= 0.6 is 0 Å². The quantitative estimate of drug-likeness (QED) is 0.771. The molecule has 3 heterocycles. The molecule has 16 heavy (non-hydrogen) atoms. The average molecular weight is 218 g/mol. The predicted octanol–water partition coefficient (Wildman–Crippen LogP) is 0.854. The van der Waals surface area contributed by atoms with Crippen molar-refractivity contribution in [3.8, 4) is 5.88 Å². The SMILES string of the molecule is CN1CCC(c2cc(O)n3nccc3n2)C1. The molecule has 2 aromatic heterocycles. The number of rotatable bonds is 1. The molecule has 0 bridgehead atoms. The highest BCUT2D eigenvalue weighted by atomic mass is 16.3. The first-order chi connectivity index (χ1) is 7.74. The van der Waals surface area contributed by atoms with Crippen molar-refractivity contribution in [3.63, 3.8) is 0 Å². The Balaban J connectivity index is 2.04. The van der Waals surface area contributed by atoms with Crippen LogP contribution in [0.25, 0.3) is 5.65 Å². The molecule has 1 saturated heterocycles. The highest BCUT2D eigenvalue weighted by molar-refractivity contribution is 5.41. The van der Waals surface area contributed by atoms with Gasteiger partial charge >= 0.3 is 0 Å². The smallest absolute Gasteiger partial charge is 0.215 e. The van der Waals surface area contributed by atoms with E-state index in [-0.39, 0.29) is 5.88 Å². The molecule has 1 atom stereocenters. The molecule has 5 heteroatoms. The van der Waals surface area contributed by atoms with E-state index >= 15 is 0 Å². The molecule has 2 aromatic rings. The van der Waals surface area contributed by atoms with Crippen molar-refractivity contribution >= 4 is 5.65 Å². The molecule has 1 aliphatic rings. The number of fused-ring (bicyclic) bond motifs is 1. The van der Waals surface area contributed by atoms with Gasteiger partial charge in [0.15, 0.2) is 5.65 Å². The van der Waals surface area contributed by atoms with E-state index in [1.165, 1.54) is 4.52 Å². The van der Waals surface area contributed by atoms with Crippen molar-refractivity contribution in [3.05, 3.63) is 24.0 Å². The van der Waals surface area contributed by atoms with Crippen LogP contribution in [0.4, 0.5) is 0 Å². The molecule has 0 amide bonds. The van der Waals surface area contributed by atoms with Crippen LogP contribution < -0.4 is 0 Å². The van der Waals surface area contributed by atoms with Gasteiger partial charge in [-0.1, -0.05) is 0 Å². The zero-order valence-corrected chi connectivity index (χ0v) is 9.17. The van der Waals surface area contributed by atoms with Gasteiger partial charge in [-0.3, -0.25) is 0 Å². The van der Waals surface area contributed by atoms with E-state index in [1.54, 1.807) is 12.3 Å². The summed E-state index contributed by atoms with van der Waals surface area (Å²) in [7, 11) is 2.11. The van der Waals surface area contributed by atoms with Crippen molar-refractivity contribution in [2.75, 3.05) is 20.1 Å². The second-order valence-electron chi connectivity index (χ2n) is 4.39. The average Bonchev–Trinajstić information content (AvgIpc) is 2.85. The van der Waals surface area contributed by atoms with E-state index in [4.69, 9.17) is 0 Å². The summed E-state index contributed by atoms with van der Waals surface area (Å²) in [5.41, 5.74) is 1.68. The van der Waals surface area contributed by atoms with Gasteiger partial charge in [-0.2, -0.15) is 9.61 Å². The summed E-state index contributed by atoms with van der Waals surface area (Å²) < 4.78 is 1.45. The maximum absolute atomic E-state index is 9.81. The molecular weight excluding hydrogens is 204 g/mol. The first-order valence-electron chi connectivity index (χ1n) is 5.46. The van der Waals surface area contributed by atoms with Crippen molar-refractivity contribution in [1.29, 1.82) is 0 Å². The zero-order chi connectivity index (χ0) is 11.1. The first kappa shape index (κ1) is 9.59. The van der Waals surface area contributed by atoms with Crippen LogP contribution in [0.15, 0.2) is 18.3 Å². The molecule has 0 aromatic carbocycles. The van der Waals surface area contributed by atoms with Gasteiger partial charge in [0.1, 0.15) is 0 Å². The van der Waals surface area contributed by atoms with Crippen LogP contribution in [0.3, 0.4) is 0 Å². The Labute approximate surface area is 93.3 Å². The summed E-state index contributed by atoms with van der Waals surface area (Å²) in [6.07, 6.45) is 2.75. The van der Waals surface area contributed by atoms with Crippen LogP contribution in [0, 0.1) is 0 Å². The third kappa shape index (κ3) is 1.44. The highest BCUT2D eigenvalue weighted by Gasteiger charge is 2.23. The summed E-state index contributed by atoms with van der Waals surface area (Å²) in [5.74, 6) is 0.593. The van der Waals surface area contributed by atoms with Crippen molar-refractivity contribution in [2.45, 2.75) is 12.3 Å². The van der Waals surface area contributed by atoms with E-state index < -0.39 is 0 Å². The molecule has 3 rings (SSSR count). The van der Waals surface area contributed by atoms with Crippen LogP contribution in [0.1, 0.15) is 18.0 Å². The normalized spacial score (nSPS) is 21.9. The Morgan fingerprint density at radius 1 is 1.50 bits per heavy atom. The summed E-state index contributed by atoms with van der Waals surface area (Å²) in [4.78, 5) is 6.81. The molecule has 0 saturated carbocycles. The number of nitrogens with zero attached hydrogens (tertiary/aromatic N) is 4. The molecule has 84 valence electrons. The van der Waals surface area contributed by atoms with E-state index in [2.05, 4.69) is 22.0 Å². The van der Waals surface area contributed by atoms with E-state index in [0.29, 0.717) is 11.6 Å². The highest BCUT2D eigenvalue weighted by Crippen LogP contribution is 2.27. The maximum atomic E-state index is 9.81. The van der Waals surface area contributed by atoms with Gasteiger partial charge in [0.05, 0.1) is 11.9 Å². The molecule has 1 aliphatic heterocycles. The van der Waals surface area contributed by atoms with Gasteiger partial charge in [-0.25, -0.2) is 4.98 Å². The Morgan fingerprint density at radius 2 is 2.38 bits per heavy atom. The fourth-order valence-corrected chi connectivity index (χ4v) is 2.30. The van der Waals surface area contributed by atoms with Crippen LogP contribution in [0.5, 0.6) is 5.88 Å². The van der Waals surface area contributed by atoms with Gasteiger partial charge < -0.3 is 10.0 Å². The van der Waals surface area contributed by atoms with Crippen molar-refractivity contribution in [2.24, 2.45) is 0 Å². The minimum absolute atomic E-state index is 0.166. The number of aromatic nitrogens is 3. The van der Waals surface area contributed by atoms with E-state index in [9.17, 15) is 5.11 Å². The van der Waals surface area contributed by atoms with E-state index in [1.807, 2.05) is 6.07 Å². The number of aromatic hydroxyl groups is 1. The van der Waals surface area contributed by atoms with E-state index in [0.717, 1.165) is 25.2 Å². The minimum atomic E-state index is 0.166. The molecule has 1 N–H and O–H groups in total. The lowest BCUT2D eigenvalue weighted by Crippen LogP contribution is -2.14. The molecular formula is C11H14N4O. The van der Waals surface area contributed by atoms with Crippen molar-refractivity contribution < 1.29 is 5.11 Å². The standard InChI is InChI=1S/C11H14N4O/c1-14-5-3-8(7-14)9-6-11(16)15-10(13-9)2-4-12-15/h2,4,6,8,16H,3,5,7H2,1H3. The van der Waals surface area contributed by atoms with Crippen LogP contribution in [-0.4, -0.2) is 44.7 Å². The molecule has 0 spiro atoms. The Kier molecular flexibility index (Phi) is 2.07. The second-order valence-corrected chi connectivity index (χ2v) is 4.39. The monoisotopic (exact) mass is 218 g/mol. The summed E-state index contributed by atoms with van der Waals surface area (Å²) in [6, 6.07) is 3.53. The summed E-state index contributed by atoms with van der Waals surface area (Å²) >= 11 is 0. The van der Waals surface area contributed by atoms with Gasteiger partial charge in [0.2, 0.25) is 5.88 Å².